The molecule has 0 unspecified atom stereocenters. The molecule has 1 rings (SSSR count). The van der Waals surface area contributed by atoms with Crippen molar-refractivity contribution in [1.29, 1.82) is 0 Å². The van der Waals surface area contributed by atoms with Crippen LogP contribution in [-0.4, -0.2) is 119 Å². The Hall–Kier alpha value is -4.29. The highest BCUT2D eigenvalue weighted by molar-refractivity contribution is 5.96. The maximum Gasteiger partial charge on any atom is 0.246 e. The molecular formula is C39H64N6O7. The molecule has 13 nitrogen and oxygen atoms in total. The maximum absolute atomic E-state index is 14.1. The molecule has 1 aromatic rings. The molecule has 0 spiro atoms. The predicted octanol–water partition coefficient (Wildman–Crippen LogP) is 2.89. The maximum atomic E-state index is 14.1. The zero-order valence-corrected chi connectivity index (χ0v) is 33.6. The molecule has 0 heterocycles. The molecule has 0 fully saturated rings. The van der Waals surface area contributed by atoms with Crippen molar-refractivity contribution >= 4 is 41.2 Å². The fraction of sp³-hybridized carbons (Fsp3) is 0.667. The van der Waals surface area contributed by atoms with Crippen LogP contribution in [0.4, 0.5) is 0 Å². The molecule has 0 saturated carbocycles. The van der Waals surface area contributed by atoms with E-state index in [1.54, 1.807) is 48.6 Å². The number of rotatable bonds is 20. The largest absolute Gasteiger partial charge is 0.368 e. The Bertz CT molecular complexity index is 1400. The fourth-order valence-corrected chi connectivity index (χ4v) is 6.48. The molecule has 0 aliphatic heterocycles. The summed E-state index contributed by atoms with van der Waals surface area (Å²) in [4.78, 5) is 98.0. The smallest absolute Gasteiger partial charge is 0.246 e. The number of primary amides is 1. The molecule has 0 aromatic heterocycles. The van der Waals surface area contributed by atoms with E-state index in [4.69, 9.17) is 5.73 Å². The van der Waals surface area contributed by atoms with Gasteiger partial charge in [0.1, 0.15) is 36.0 Å². The van der Waals surface area contributed by atoms with E-state index in [1.165, 1.54) is 47.7 Å². The Morgan fingerprint density at radius 1 is 0.654 bits per heavy atom. The van der Waals surface area contributed by atoms with Gasteiger partial charge in [-0.3, -0.25) is 28.8 Å². The number of carbonyl (C=O) groups is 7. The Labute approximate surface area is 311 Å². The van der Waals surface area contributed by atoms with E-state index in [9.17, 15) is 33.6 Å². The van der Waals surface area contributed by atoms with Crippen molar-refractivity contribution in [2.75, 3.05) is 28.2 Å². The van der Waals surface area contributed by atoms with E-state index in [-0.39, 0.29) is 35.9 Å². The topological polar surface area (TPSA) is 170 Å². The highest BCUT2D eigenvalue weighted by atomic mass is 16.2. The summed E-state index contributed by atoms with van der Waals surface area (Å²) in [6.45, 7) is 15.6. The van der Waals surface area contributed by atoms with Gasteiger partial charge in [0.05, 0.1) is 0 Å². The van der Waals surface area contributed by atoms with Crippen LogP contribution in [0, 0.1) is 23.7 Å². The number of nitrogens with one attached hydrogen (secondary N) is 1. The predicted molar refractivity (Wildman–Crippen MR) is 201 cm³/mol. The van der Waals surface area contributed by atoms with Crippen molar-refractivity contribution in [3.63, 3.8) is 0 Å². The number of Topliss-reactive ketones (excluding diaryl/α,β-unsaturated/α-hetero) is 1. The molecule has 0 saturated heterocycles. The zero-order chi connectivity index (χ0) is 40.2. The minimum atomic E-state index is -1.04. The zero-order valence-electron chi connectivity index (χ0n) is 33.6. The average Bonchev–Trinajstić information content (AvgIpc) is 3.07. The lowest BCUT2D eigenvalue weighted by Crippen LogP contribution is -2.61. The number of likely N-dealkylation sites (N-methyl/N-ethyl adjacent to an activating group) is 4. The molecule has 292 valence electrons. The molecule has 13 heteroatoms. The van der Waals surface area contributed by atoms with E-state index in [0.717, 1.165) is 5.56 Å². The number of nitrogens with zero attached hydrogens (tertiary/aromatic N) is 4. The van der Waals surface area contributed by atoms with Gasteiger partial charge in [0, 0.05) is 47.0 Å². The fourth-order valence-electron chi connectivity index (χ4n) is 6.48. The van der Waals surface area contributed by atoms with Crippen LogP contribution < -0.4 is 11.1 Å². The van der Waals surface area contributed by atoms with Gasteiger partial charge < -0.3 is 35.4 Å². The van der Waals surface area contributed by atoms with Crippen molar-refractivity contribution in [3.8, 4) is 0 Å². The summed E-state index contributed by atoms with van der Waals surface area (Å²) in [5.41, 5.74) is 6.51. The second kappa shape index (κ2) is 20.7. The Morgan fingerprint density at radius 3 is 1.63 bits per heavy atom. The molecule has 6 amide bonds. The van der Waals surface area contributed by atoms with Crippen LogP contribution in [0.25, 0.3) is 0 Å². The second-order valence-corrected chi connectivity index (χ2v) is 15.2. The van der Waals surface area contributed by atoms with Gasteiger partial charge in [0.25, 0.3) is 0 Å². The number of hydrogen-bond acceptors (Lipinski definition) is 7. The Morgan fingerprint density at radius 2 is 1.17 bits per heavy atom. The third-order valence-electron chi connectivity index (χ3n) is 9.83. The third-order valence-corrected chi connectivity index (χ3v) is 9.83. The number of carbonyl (C=O) groups excluding carboxylic acids is 7. The van der Waals surface area contributed by atoms with Crippen LogP contribution in [0.3, 0.4) is 0 Å². The van der Waals surface area contributed by atoms with Gasteiger partial charge in [-0.2, -0.15) is 0 Å². The normalized spacial score (nSPS) is 14.8. The summed E-state index contributed by atoms with van der Waals surface area (Å²) >= 11 is 0. The molecule has 1 aromatic carbocycles. The van der Waals surface area contributed by atoms with Gasteiger partial charge in [-0.05, 0) is 50.0 Å². The summed E-state index contributed by atoms with van der Waals surface area (Å²) in [6, 6.07) is 4.34. The molecule has 6 atom stereocenters. The standard InChI is InChI=1S/C39H64N6O7/c1-23(2)31(38(51)42(10)28(9)37(50)43(11)30(34(40)47)22-29-20-15-14-16-21-29)41-35(48)32(24(3)4)44(12)39(52)33(25(5)6)45(13)36(49)26(7)18-17-19-27(8)46/h14-16,20-21,23-26,28,30-33H,17-19,22H2,1-13H3,(H2,40,47)(H,41,48)/t26-,28+,30+,31+,32+,33+/m1/s1. The lowest BCUT2D eigenvalue weighted by Gasteiger charge is -2.39. The van der Waals surface area contributed by atoms with Crippen molar-refractivity contribution in [1.82, 2.24) is 24.9 Å². The van der Waals surface area contributed by atoms with Gasteiger partial charge in [0.2, 0.25) is 35.4 Å². The third kappa shape index (κ3) is 12.4. The first kappa shape index (κ1) is 45.7. The van der Waals surface area contributed by atoms with E-state index in [2.05, 4.69) is 5.32 Å². The van der Waals surface area contributed by atoms with Crippen LogP contribution in [0.1, 0.15) is 87.1 Å². The van der Waals surface area contributed by atoms with Gasteiger partial charge in [-0.15, -0.1) is 0 Å². The number of ketones is 1. The Kier molecular flexibility index (Phi) is 18.2. The summed E-state index contributed by atoms with van der Waals surface area (Å²) in [6.07, 6.45) is 1.67. The molecule has 0 radical (unpaired) electrons. The van der Waals surface area contributed by atoms with E-state index < -0.39 is 65.7 Å². The van der Waals surface area contributed by atoms with E-state index in [0.29, 0.717) is 19.3 Å². The van der Waals surface area contributed by atoms with Crippen LogP contribution in [0.2, 0.25) is 0 Å². The van der Waals surface area contributed by atoms with Crippen LogP contribution >= 0.6 is 0 Å². The minimum absolute atomic E-state index is 0.0550. The Balaban J connectivity index is 3.21. The van der Waals surface area contributed by atoms with E-state index >= 15 is 0 Å². The number of hydrogen-bond donors (Lipinski definition) is 2. The minimum Gasteiger partial charge on any atom is -0.368 e. The first-order chi connectivity index (χ1) is 24.1. The van der Waals surface area contributed by atoms with Crippen molar-refractivity contribution in [2.45, 2.75) is 118 Å². The average molecular weight is 729 g/mol. The van der Waals surface area contributed by atoms with E-state index in [1.807, 2.05) is 44.2 Å². The number of nitrogens with two attached hydrogens (primary N) is 1. The quantitative estimate of drug-likeness (QED) is 0.208. The van der Waals surface area contributed by atoms with Crippen LogP contribution in [0.5, 0.6) is 0 Å². The lowest BCUT2D eigenvalue weighted by molar-refractivity contribution is -0.152. The highest BCUT2D eigenvalue weighted by Gasteiger charge is 2.41. The summed E-state index contributed by atoms with van der Waals surface area (Å²) in [5.74, 6) is -4.25. The SMILES string of the molecule is CC(=O)CCC[C@@H](C)C(=O)N(C)[C@H](C(=O)N(C)[C@H](C(=O)N[C@H](C(=O)N(C)[C@@H](C)C(=O)N(C)[C@@H](Cc1ccccc1)C(N)=O)C(C)C)C(C)C)C(C)C. The summed E-state index contributed by atoms with van der Waals surface area (Å²) in [7, 11) is 6.05. The van der Waals surface area contributed by atoms with Crippen molar-refractivity contribution in [3.05, 3.63) is 35.9 Å². The molecule has 0 aliphatic rings. The highest BCUT2D eigenvalue weighted by Crippen LogP contribution is 2.22. The van der Waals surface area contributed by atoms with Gasteiger partial charge in [-0.25, -0.2) is 0 Å². The monoisotopic (exact) mass is 728 g/mol. The number of benzene rings is 1. The van der Waals surface area contributed by atoms with Crippen LogP contribution in [0.15, 0.2) is 30.3 Å². The van der Waals surface area contributed by atoms with Gasteiger partial charge in [0.15, 0.2) is 0 Å². The lowest BCUT2D eigenvalue weighted by atomic mass is 9.94. The van der Waals surface area contributed by atoms with Crippen molar-refractivity contribution in [2.24, 2.45) is 29.4 Å². The van der Waals surface area contributed by atoms with Crippen molar-refractivity contribution < 1.29 is 33.6 Å². The molecule has 0 aliphatic carbocycles. The van der Waals surface area contributed by atoms with Gasteiger partial charge >= 0.3 is 0 Å². The first-order valence-electron chi connectivity index (χ1n) is 18.3. The second-order valence-electron chi connectivity index (χ2n) is 15.2. The molecule has 52 heavy (non-hydrogen) atoms. The molecular weight excluding hydrogens is 664 g/mol. The summed E-state index contributed by atoms with van der Waals surface area (Å²) < 4.78 is 0. The number of amides is 6. The van der Waals surface area contributed by atoms with Gasteiger partial charge in [-0.1, -0.05) is 78.8 Å². The molecule has 3 N–H and O–H groups in total. The first-order valence-corrected chi connectivity index (χ1v) is 18.3. The molecule has 0 bridgehead atoms. The van der Waals surface area contributed by atoms with Crippen LogP contribution in [-0.2, 0) is 40.0 Å². The summed E-state index contributed by atoms with van der Waals surface area (Å²) in [5, 5.41) is 2.85.